The van der Waals surface area contributed by atoms with Crippen molar-refractivity contribution < 1.29 is 4.79 Å². The SMILES string of the molecule is CCN(CC#N)C(=O)C(Cl)(Cl)Cl. The average Bonchev–Trinajstić information content (AvgIpc) is 1.97. The van der Waals surface area contributed by atoms with Gasteiger partial charge >= 0.3 is 0 Å². The van der Waals surface area contributed by atoms with Crippen LogP contribution in [0.25, 0.3) is 0 Å². The molecule has 12 heavy (non-hydrogen) atoms. The van der Waals surface area contributed by atoms with Crippen molar-refractivity contribution in [3.8, 4) is 6.07 Å². The molecule has 0 aliphatic heterocycles. The van der Waals surface area contributed by atoms with Crippen molar-refractivity contribution in [2.24, 2.45) is 0 Å². The number of nitriles is 1. The van der Waals surface area contributed by atoms with E-state index in [4.69, 9.17) is 40.1 Å². The summed E-state index contributed by atoms with van der Waals surface area (Å²) in [7, 11) is 0. The molecule has 0 aromatic rings. The van der Waals surface area contributed by atoms with E-state index in [1.807, 2.05) is 0 Å². The van der Waals surface area contributed by atoms with E-state index in [9.17, 15) is 4.79 Å². The predicted octanol–water partition coefficient (Wildman–Crippen LogP) is 1.73. The van der Waals surface area contributed by atoms with E-state index >= 15 is 0 Å². The van der Waals surface area contributed by atoms with Gasteiger partial charge < -0.3 is 4.90 Å². The molecule has 68 valence electrons. The van der Waals surface area contributed by atoms with Gasteiger partial charge in [-0.3, -0.25) is 4.79 Å². The third kappa shape index (κ3) is 3.48. The van der Waals surface area contributed by atoms with Crippen molar-refractivity contribution >= 4 is 40.7 Å². The number of carbonyl (C=O) groups is 1. The van der Waals surface area contributed by atoms with Gasteiger partial charge in [-0.1, -0.05) is 34.8 Å². The largest absolute Gasteiger partial charge is 0.326 e. The molecule has 0 saturated heterocycles. The number of amides is 1. The van der Waals surface area contributed by atoms with E-state index in [0.29, 0.717) is 6.54 Å². The zero-order valence-corrected chi connectivity index (χ0v) is 8.62. The zero-order valence-electron chi connectivity index (χ0n) is 6.35. The lowest BCUT2D eigenvalue weighted by Crippen LogP contribution is -2.39. The Morgan fingerprint density at radius 3 is 2.33 bits per heavy atom. The summed E-state index contributed by atoms with van der Waals surface area (Å²) in [6.07, 6.45) is 0. The first-order valence-electron chi connectivity index (χ1n) is 3.16. The highest BCUT2D eigenvalue weighted by atomic mass is 35.6. The minimum absolute atomic E-state index is 0.0662. The standard InChI is InChI=1S/C6H7Cl3N2O/c1-2-11(4-3-10)5(12)6(7,8)9/h2,4H2,1H3. The summed E-state index contributed by atoms with van der Waals surface area (Å²) in [5, 5.41) is 8.31. The van der Waals surface area contributed by atoms with Crippen molar-refractivity contribution in [3.63, 3.8) is 0 Å². The monoisotopic (exact) mass is 228 g/mol. The van der Waals surface area contributed by atoms with Gasteiger partial charge in [-0.2, -0.15) is 5.26 Å². The second-order valence-corrected chi connectivity index (χ2v) is 4.26. The molecule has 6 heteroatoms. The van der Waals surface area contributed by atoms with Crippen LogP contribution in [-0.4, -0.2) is 27.7 Å². The highest BCUT2D eigenvalue weighted by molar-refractivity contribution is 6.76. The van der Waals surface area contributed by atoms with Crippen molar-refractivity contribution in [2.75, 3.05) is 13.1 Å². The third-order valence-corrected chi connectivity index (χ3v) is 1.66. The first-order valence-corrected chi connectivity index (χ1v) is 4.30. The molecule has 0 saturated carbocycles. The number of hydrogen-bond donors (Lipinski definition) is 0. The molecule has 0 atom stereocenters. The normalized spacial score (nSPS) is 10.6. The van der Waals surface area contributed by atoms with E-state index in [1.165, 1.54) is 0 Å². The number of nitrogens with zero attached hydrogens (tertiary/aromatic N) is 2. The van der Waals surface area contributed by atoms with E-state index in [2.05, 4.69) is 0 Å². The maximum Gasteiger partial charge on any atom is 0.275 e. The molecular weight excluding hydrogens is 222 g/mol. The molecule has 1 amide bonds. The fourth-order valence-electron chi connectivity index (χ4n) is 0.592. The molecule has 0 fully saturated rings. The third-order valence-electron chi connectivity index (χ3n) is 1.17. The van der Waals surface area contributed by atoms with Crippen LogP contribution in [0.1, 0.15) is 6.92 Å². The maximum absolute atomic E-state index is 11.2. The van der Waals surface area contributed by atoms with Gasteiger partial charge in [0.05, 0.1) is 6.07 Å². The molecule has 0 bridgehead atoms. The van der Waals surface area contributed by atoms with Crippen LogP contribution in [0.15, 0.2) is 0 Å². The molecule has 0 unspecified atom stereocenters. The van der Waals surface area contributed by atoms with Gasteiger partial charge in [-0.05, 0) is 6.92 Å². The van der Waals surface area contributed by atoms with Crippen LogP contribution in [0.4, 0.5) is 0 Å². The lowest BCUT2D eigenvalue weighted by molar-refractivity contribution is -0.129. The Kier molecular flexibility index (Phi) is 4.69. The van der Waals surface area contributed by atoms with Gasteiger partial charge in [0.15, 0.2) is 0 Å². The fraction of sp³-hybridized carbons (Fsp3) is 0.667. The summed E-state index contributed by atoms with van der Waals surface area (Å²) in [4.78, 5) is 12.3. The first-order chi connectivity index (χ1) is 5.43. The molecule has 0 aliphatic rings. The van der Waals surface area contributed by atoms with E-state index in [0.717, 1.165) is 4.90 Å². The van der Waals surface area contributed by atoms with Gasteiger partial charge in [0, 0.05) is 6.54 Å². The van der Waals surface area contributed by atoms with Gasteiger partial charge in [-0.25, -0.2) is 0 Å². The molecule has 3 nitrogen and oxygen atoms in total. The summed E-state index contributed by atoms with van der Waals surface area (Å²) in [5.74, 6) is -0.670. The van der Waals surface area contributed by atoms with E-state index < -0.39 is 9.70 Å². The Hall–Kier alpha value is -0.170. The van der Waals surface area contributed by atoms with Crippen LogP contribution in [0, 0.1) is 11.3 Å². The van der Waals surface area contributed by atoms with E-state index in [1.54, 1.807) is 13.0 Å². The number of halogens is 3. The summed E-state index contributed by atoms with van der Waals surface area (Å²) in [6.45, 7) is 1.98. The molecular formula is C6H7Cl3N2O. The average molecular weight is 229 g/mol. The first kappa shape index (κ1) is 11.8. The highest BCUT2D eigenvalue weighted by Gasteiger charge is 2.34. The molecule has 0 heterocycles. The summed E-state index contributed by atoms with van der Waals surface area (Å²) in [5.41, 5.74) is 0. The van der Waals surface area contributed by atoms with E-state index in [-0.39, 0.29) is 6.54 Å². The van der Waals surface area contributed by atoms with Crippen molar-refractivity contribution in [2.45, 2.75) is 10.7 Å². The van der Waals surface area contributed by atoms with Gasteiger partial charge in [0.2, 0.25) is 0 Å². The second kappa shape index (κ2) is 4.76. The Morgan fingerprint density at radius 2 is 2.08 bits per heavy atom. The van der Waals surface area contributed by atoms with Crippen LogP contribution in [0.2, 0.25) is 0 Å². The lowest BCUT2D eigenvalue weighted by Gasteiger charge is -2.21. The molecule has 0 rings (SSSR count). The fourth-order valence-corrected chi connectivity index (χ4v) is 0.950. The summed E-state index contributed by atoms with van der Waals surface area (Å²) in [6, 6.07) is 1.80. The molecule has 0 spiro atoms. The Balaban J connectivity index is 4.34. The molecule has 0 aromatic heterocycles. The smallest absolute Gasteiger partial charge is 0.275 e. The van der Waals surface area contributed by atoms with Crippen molar-refractivity contribution in [3.05, 3.63) is 0 Å². The van der Waals surface area contributed by atoms with Crippen LogP contribution >= 0.6 is 34.8 Å². The van der Waals surface area contributed by atoms with Gasteiger partial charge in [0.1, 0.15) is 6.54 Å². The Bertz CT molecular complexity index is 206. The van der Waals surface area contributed by atoms with Crippen LogP contribution in [0.3, 0.4) is 0 Å². The van der Waals surface area contributed by atoms with Crippen molar-refractivity contribution in [1.82, 2.24) is 4.90 Å². The van der Waals surface area contributed by atoms with Crippen LogP contribution in [-0.2, 0) is 4.79 Å². The predicted molar refractivity (Wildman–Crippen MR) is 48.2 cm³/mol. The maximum atomic E-state index is 11.2. The second-order valence-electron chi connectivity index (χ2n) is 1.98. The minimum Gasteiger partial charge on any atom is -0.326 e. The number of rotatable bonds is 2. The molecule has 0 radical (unpaired) electrons. The highest BCUT2D eigenvalue weighted by Crippen LogP contribution is 2.28. The van der Waals surface area contributed by atoms with Gasteiger partial charge in [-0.15, -0.1) is 0 Å². The molecule has 0 N–H and O–H groups in total. The van der Waals surface area contributed by atoms with Crippen LogP contribution < -0.4 is 0 Å². The molecule has 0 aromatic carbocycles. The minimum atomic E-state index is -1.97. The Labute approximate surface area is 85.8 Å². The summed E-state index contributed by atoms with van der Waals surface area (Å²) < 4.78 is -1.97. The molecule has 0 aliphatic carbocycles. The topological polar surface area (TPSA) is 44.1 Å². The Morgan fingerprint density at radius 1 is 1.58 bits per heavy atom. The number of carbonyl (C=O) groups excluding carboxylic acids is 1. The van der Waals surface area contributed by atoms with Gasteiger partial charge in [0.25, 0.3) is 9.70 Å². The lowest BCUT2D eigenvalue weighted by atomic mass is 10.5. The number of hydrogen-bond acceptors (Lipinski definition) is 2. The summed E-state index contributed by atoms with van der Waals surface area (Å²) >= 11 is 16.0. The van der Waals surface area contributed by atoms with Crippen LogP contribution in [0.5, 0.6) is 0 Å². The zero-order chi connectivity index (χ0) is 9.78. The quantitative estimate of drug-likeness (QED) is 0.535. The van der Waals surface area contributed by atoms with Crippen molar-refractivity contribution in [1.29, 1.82) is 5.26 Å². The number of alkyl halides is 3.